The van der Waals surface area contributed by atoms with Gasteiger partial charge in [0.15, 0.2) is 0 Å². The third-order valence-corrected chi connectivity index (χ3v) is 17.6. The fourth-order valence-electron chi connectivity index (χ4n) is 12.1. The lowest BCUT2D eigenvalue weighted by Crippen LogP contribution is -2.55. The molecule has 0 aromatic carbocycles. The number of rotatable bonds is 16. The maximum Gasteiger partial charge on any atom is 0.249 e. The molecule has 8 atom stereocenters. The van der Waals surface area contributed by atoms with Gasteiger partial charge >= 0.3 is 0 Å². The Morgan fingerprint density at radius 3 is 2.27 bits per heavy atom. The highest BCUT2D eigenvalue weighted by Gasteiger charge is 2.54. The Morgan fingerprint density at radius 2 is 1.55 bits per heavy atom. The van der Waals surface area contributed by atoms with Gasteiger partial charge < -0.3 is 30.3 Å². The highest BCUT2D eigenvalue weighted by molar-refractivity contribution is 8.00. The van der Waals surface area contributed by atoms with E-state index in [1.54, 1.807) is 11.8 Å². The smallest absolute Gasteiger partial charge is 0.249 e. The molecule has 3 aliphatic carbocycles. The van der Waals surface area contributed by atoms with Crippen molar-refractivity contribution < 1.29 is 43.0 Å². The van der Waals surface area contributed by atoms with Crippen LogP contribution in [0, 0.1) is 35.5 Å². The number of nitrogens with one attached hydrogen (secondary N) is 5. The highest BCUT2D eigenvalue weighted by Crippen LogP contribution is 2.41. The van der Waals surface area contributed by atoms with E-state index < -0.39 is 29.8 Å². The Balaban J connectivity index is 0.714. The number of hydrogen-bond acceptors (Lipinski definition) is 13. The van der Waals surface area contributed by atoms with Gasteiger partial charge in [0.2, 0.25) is 41.4 Å². The predicted octanol–water partition coefficient (Wildman–Crippen LogP) is 2.66. The summed E-state index contributed by atoms with van der Waals surface area (Å²) in [5.74, 6) is -0.932. The van der Waals surface area contributed by atoms with E-state index in [9.17, 15) is 33.6 Å². The van der Waals surface area contributed by atoms with Gasteiger partial charge in [-0.2, -0.15) is 0 Å². The van der Waals surface area contributed by atoms with Crippen LogP contribution < -0.4 is 26.6 Å². The quantitative estimate of drug-likeness (QED) is 0.141. The number of piperidine rings is 2. The van der Waals surface area contributed by atoms with Gasteiger partial charge in [0.1, 0.15) is 17.6 Å². The van der Waals surface area contributed by atoms with Crippen molar-refractivity contribution in [3.8, 4) is 0 Å². The third kappa shape index (κ3) is 12.8. The van der Waals surface area contributed by atoms with E-state index in [1.807, 2.05) is 0 Å². The number of imide groups is 2. The summed E-state index contributed by atoms with van der Waals surface area (Å²) in [6.45, 7) is 11.6. The van der Waals surface area contributed by atoms with Crippen molar-refractivity contribution in [2.24, 2.45) is 35.5 Å². The number of nitrogens with zero attached hydrogens (tertiary/aromatic N) is 3. The molecule has 3 saturated carbocycles. The summed E-state index contributed by atoms with van der Waals surface area (Å²) in [5, 5.41) is 15.5. The normalized spacial score (nSPS) is 33.4. The highest BCUT2D eigenvalue weighted by atomic mass is 32.2. The van der Waals surface area contributed by atoms with E-state index >= 15 is 0 Å². The molecule has 8 aliphatic rings. The SMILES string of the molecule is CC(C)(C)N1CCC(C(=O)N[C@@H](COCC2CCC(C(=O)NC3CCN(CCOC4CCC5C(=O)N(C6CCC(=O)NC6=O)C(=O)C5C4)CC3)CC2)C(=O)NC2NC(C3CCCCC3)CS2)C1. The van der Waals surface area contributed by atoms with Crippen molar-refractivity contribution in [1.29, 1.82) is 0 Å². The maximum absolute atomic E-state index is 13.8. The van der Waals surface area contributed by atoms with Crippen LogP contribution in [-0.2, 0) is 43.0 Å². The second kappa shape index (κ2) is 22.7. The van der Waals surface area contributed by atoms with Gasteiger partial charge in [-0.25, -0.2) is 0 Å². The van der Waals surface area contributed by atoms with E-state index in [1.165, 1.54) is 32.1 Å². The molecular weight excluding hydrogens is 877 g/mol. The molecule has 67 heavy (non-hydrogen) atoms. The summed E-state index contributed by atoms with van der Waals surface area (Å²) in [6, 6.07) is -1.17. The van der Waals surface area contributed by atoms with Crippen LogP contribution in [0.5, 0.6) is 0 Å². The average Bonchev–Trinajstić information content (AvgIpc) is 4.07. The van der Waals surface area contributed by atoms with Crippen LogP contribution in [0.1, 0.15) is 130 Å². The zero-order valence-corrected chi connectivity index (χ0v) is 41.1. The van der Waals surface area contributed by atoms with Crippen LogP contribution in [0.2, 0.25) is 0 Å². The van der Waals surface area contributed by atoms with Crippen molar-refractivity contribution >= 4 is 53.1 Å². The molecule has 0 aromatic heterocycles. The monoisotopic (exact) mass is 955 g/mol. The van der Waals surface area contributed by atoms with Gasteiger partial charge in [-0.1, -0.05) is 19.3 Å². The van der Waals surface area contributed by atoms with Crippen LogP contribution in [0.25, 0.3) is 0 Å². The van der Waals surface area contributed by atoms with Gasteiger partial charge in [-0.3, -0.25) is 54.0 Å². The van der Waals surface area contributed by atoms with Crippen LogP contribution in [0.4, 0.5) is 0 Å². The summed E-state index contributed by atoms with van der Waals surface area (Å²) >= 11 is 1.74. The molecule has 374 valence electrons. The largest absolute Gasteiger partial charge is 0.378 e. The summed E-state index contributed by atoms with van der Waals surface area (Å²) < 4.78 is 12.5. The number of carbonyl (C=O) groups excluding carboxylic acids is 7. The molecular formula is C49H78N8O9S. The fourth-order valence-corrected chi connectivity index (χ4v) is 13.4. The number of likely N-dealkylation sites (tertiary alicyclic amines) is 3. The summed E-state index contributed by atoms with van der Waals surface area (Å²) in [4.78, 5) is 97.1. The zero-order chi connectivity index (χ0) is 47.2. The molecule has 0 spiro atoms. The molecule has 5 N–H and O–H groups in total. The second-order valence-electron chi connectivity index (χ2n) is 22.0. The first-order chi connectivity index (χ1) is 32.2. The Hall–Kier alpha value is -3.16. The maximum atomic E-state index is 13.8. The molecule has 5 heterocycles. The van der Waals surface area contributed by atoms with Crippen molar-refractivity contribution in [3.63, 3.8) is 0 Å². The topological polar surface area (TPSA) is 208 Å². The lowest BCUT2D eigenvalue weighted by Gasteiger charge is -2.35. The molecule has 7 unspecified atom stereocenters. The molecule has 7 amide bonds. The molecule has 8 rings (SSSR count). The summed E-state index contributed by atoms with van der Waals surface area (Å²) in [7, 11) is 0. The van der Waals surface area contributed by atoms with Gasteiger partial charge in [0.05, 0.1) is 37.1 Å². The Kier molecular flexibility index (Phi) is 17.0. The molecule has 5 saturated heterocycles. The van der Waals surface area contributed by atoms with E-state index in [4.69, 9.17) is 9.47 Å². The van der Waals surface area contributed by atoms with E-state index in [0.717, 1.165) is 81.8 Å². The number of hydrogen-bond donors (Lipinski definition) is 5. The molecule has 0 radical (unpaired) electrons. The number of ether oxygens (including phenoxy) is 2. The molecule has 18 heteroatoms. The van der Waals surface area contributed by atoms with Gasteiger partial charge in [-0.15, -0.1) is 11.8 Å². The molecule has 8 fully saturated rings. The number of fused-ring (bicyclic) bond motifs is 1. The van der Waals surface area contributed by atoms with Gasteiger partial charge in [-0.05, 0) is 123 Å². The lowest BCUT2D eigenvalue weighted by atomic mass is 9.79. The predicted molar refractivity (Wildman–Crippen MR) is 252 cm³/mol. The minimum atomic E-state index is -0.911. The molecule has 17 nitrogen and oxygen atoms in total. The van der Waals surface area contributed by atoms with Crippen molar-refractivity contribution in [2.45, 2.75) is 171 Å². The first-order valence-electron chi connectivity index (χ1n) is 25.9. The summed E-state index contributed by atoms with van der Waals surface area (Å²) in [5.41, 5.74) is -0.202. The van der Waals surface area contributed by atoms with Crippen molar-refractivity contribution in [2.75, 3.05) is 58.3 Å². The van der Waals surface area contributed by atoms with Gasteiger partial charge in [0.25, 0.3) is 0 Å². The number of thioether (sulfide) groups is 1. The minimum Gasteiger partial charge on any atom is -0.378 e. The van der Waals surface area contributed by atoms with Crippen LogP contribution >= 0.6 is 11.8 Å². The first-order valence-corrected chi connectivity index (χ1v) is 26.9. The van der Waals surface area contributed by atoms with Crippen LogP contribution in [0.3, 0.4) is 0 Å². The van der Waals surface area contributed by atoms with E-state index in [-0.39, 0.29) is 95.8 Å². The second-order valence-corrected chi connectivity index (χ2v) is 23.1. The first kappa shape index (κ1) is 50.2. The zero-order valence-electron chi connectivity index (χ0n) is 40.2. The minimum absolute atomic E-state index is 0.0199. The standard InChI is InChI=1S/C49H78N8O9S/c1-49(2,3)56-22-17-33(26-56)43(60)51-38(44(61)54-48-52-39(29-67-48)31-7-5-4-6-8-31)28-65-27-30-9-11-32(12-10-30)42(59)50-34-18-20-55(21-19-34)23-24-66-35-13-14-36-37(25-35)47(64)57(46(36)63)40-15-16-41(58)53-45(40)62/h30-40,48,52H,4-29H2,1-3H3,(H,50,59)(H,51,60)(H,54,61)(H,53,58,62)/t30?,32?,33?,35?,36?,37?,38-,39?,40?,48?/m0/s1. The average molecular weight is 955 g/mol. The van der Waals surface area contributed by atoms with Gasteiger partial charge in [0, 0.05) is 68.5 Å². The van der Waals surface area contributed by atoms with E-state index in [2.05, 4.69) is 57.2 Å². The van der Waals surface area contributed by atoms with Crippen LogP contribution in [0.15, 0.2) is 0 Å². The fraction of sp³-hybridized carbons (Fsp3) is 0.857. The molecule has 0 aromatic rings. The van der Waals surface area contributed by atoms with E-state index in [0.29, 0.717) is 51.0 Å². The number of carbonyl (C=O) groups is 7. The van der Waals surface area contributed by atoms with Crippen LogP contribution in [-0.4, -0.2) is 156 Å². The van der Waals surface area contributed by atoms with Crippen molar-refractivity contribution in [1.82, 2.24) is 41.3 Å². The Bertz CT molecular complexity index is 1790. The third-order valence-electron chi connectivity index (χ3n) is 16.4. The number of amides is 7. The molecule has 0 bridgehead atoms. The summed E-state index contributed by atoms with van der Waals surface area (Å²) in [6.07, 6.45) is 14.0. The van der Waals surface area contributed by atoms with Crippen molar-refractivity contribution in [3.05, 3.63) is 0 Å². The molecule has 5 aliphatic heterocycles. The Morgan fingerprint density at radius 1 is 0.806 bits per heavy atom. The lowest BCUT2D eigenvalue weighted by molar-refractivity contribution is -0.151. The Labute approximate surface area is 401 Å².